The first-order valence-corrected chi connectivity index (χ1v) is 7.94. The van der Waals surface area contributed by atoms with Gasteiger partial charge in [0.2, 0.25) is 0 Å². The van der Waals surface area contributed by atoms with Crippen molar-refractivity contribution < 1.29 is 9.53 Å². The zero-order valence-electron chi connectivity index (χ0n) is 12.4. The maximum Gasteiger partial charge on any atom is 0.168 e. The monoisotopic (exact) mass is 343 g/mol. The molecule has 20 heavy (non-hydrogen) atoms. The standard InChI is InChI=1S/C14H22BrN3O2/c1-4-17-6-7-20-13(9-17)12(19)8-11-14(15)10(3)16-18(11)5-2/h13H,4-9H2,1-3H3. The molecule has 0 aromatic carbocycles. The van der Waals surface area contributed by atoms with Gasteiger partial charge in [0.25, 0.3) is 0 Å². The first kappa shape index (κ1) is 15.7. The van der Waals surface area contributed by atoms with Crippen LogP contribution in [0.5, 0.6) is 0 Å². The number of morpholine rings is 1. The van der Waals surface area contributed by atoms with E-state index in [2.05, 4.69) is 32.9 Å². The molecule has 5 nitrogen and oxygen atoms in total. The van der Waals surface area contributed by atoms with Crippen LogP contribution in [0.2, 0.25) is 0 Å². The number of hydrogen-bond acceptors (Lipinski definition) is 4. The van der Waals surface area contributed by atoms with E-state index in [-0.39, 0.29) is 11.9 Å². The molecule has 0 spiro atoms. The van der Waals surface area contributed by atoms with E-state index < -0.39 is 0 Å². The average Bonchev–Trinajstić information content (AvgIpc) is 2.75. The molecular formula is C14H22BrN3O2. The summed E-state index contributed by atoms with van der Waals surface area (Å²) in [7, 11) is 0. The molecule has 6 heteroatoms. The van der Waals surface area contributed by atoms with Gasteiger partial charge in [-0.05, 0) is 36.3 Å². The highest BCUT2D eigenvalue weighted by molar-refractivity contribution is 9.10. The molecular weight excluding hydrogens is 322 g/mol. The lowest BCUT2D eigenvalue weighted by Gasteiger charge is -2.31. The van der Waals surface area contributed by atoms with E-state index >= 15 is 0 Å². The number of hydrogen-bond donors (Lipinski definition) is 0. The molecule has 0 aliphatic carbocycles. The minimum atomic E-state index is -0.309. The Kier molecular flexibility index (Phi) is 5.35. The molecule has 2 rings (SSSR count). The summed E-state index contributed by atoms with van der Waals surface area (Å²) in [5, 5.41) is 4.42. The summed E-state index contributed by atoms with van der Waals surface area (Å²) in [5.41, 5.74) is 1.88. The van der Waals surface area contributed by atoms with Crippen LogP contribution in [0.4, 0.5) is 0 Å². The third-order valence-electron chi connectivity index (χ3n) is 3.75. The van der Waals surface area contributed by atoms with Crippen molar-refractivity contribution >= 4 is 21.7 Å². The number of ether oxygens (including phenoxy) is 1. The third-order valence-corrected chi connectivity index (χ3v) is 4.78. The summed E-state index contributed by atoms with van der Waals surface area (Å²) in [6.45, 7) is 10.1. The van der Waals surface area contributed by atoms with Gasteiger partial charge in [0, 0.05) is 19.6 Å². The van der Waals surface area contributed by atoms with E-state index in [1.165, 1.54) is 0 Å². The van der Waals surface area contributed by atoms with Gasteiger partial charge < -0.3 is 4.74 Å². The molecule has 1 aliphatic heterocycles. The number of aryl methyl sites for hydroxylation is 2. The molecule has 1 aromatic rings. The second-order valence-electron chi connectivity index (χ2n) is 5.06. The van der Waals surface area contributed by atoms with Gasteiger partial charge in [-0.2, -0.15) is 5.10 Å². The maximum atomic E-state index is 12.4. The van der Waals surface area contributed by atoms with Crippen molar-refractivity contribution in [1.29, 1.82) is 0 Å². The summed E-state index contributed by atoms with van der Waals surface area (Å²) in [6.07, 6.45) is 0.0633. The Morgan fingerprint density at radius 1 is 1.45 bits per heavy atom. The number of ketones is 1. The Balaban J connectivity index is 2.08. The van der Waals surface area contributed by atoms with Crippen molar-refractivity contribution in [2.24, 2.45) is 0 Å². The summed E-state index contributed by atoms with van der Waals surface area (Å²) in [6, 6.07) is 0. The van der Waals surface area contributed by atoms with Crippen molar-refractivity contribution in [3.8, 4) is 0 Å². The summed E-state index contributed by atoms with van der Waals surface area (Å²) in [5.74, 6) is 0.137. The number of aromatic nitrogens is 2. The lowest BCUT2D eigenvalue weighted by molar-refractivity contribution is -0.135. The van der Waals surface area contributed by atoms with Crippen LogP contribution >= 0.6 is 15.9 Å². The number of Topliss-reactive ketones (excluding diaryl/α,β-unsaturated/α-hetero) is 1. The van der Waals surface area contributed by atoms with Crippen LogP contribution in [0.1, 0.15) is 25.2 Å². The number of carbonyl (C=O) groups excluding carboxylic acids is 1. The Bertz CT molecular complexity index is 487. The van der Waals surface area contributed by atoms with Crippen LogP contribution in [0.15, 0.2) is 4.47 Å². The van der Waals surface area contributed by atoms with Crippen molar-refractivity contribution in [2.75, 3.05) is 26.2 Å². The van der Waals surface area contributed by atoms with Crippen LogP contribution in [-0.4, -0.2) is 52.8 Å². The van der Waals surface area contributed by atoms with Crippen LogP contribution in [0.3, 0.4) is 0 Å². The highest BCUT2D eigenvalue weighted by Gasteiger charge is 2.27. The van der Waals surface area contributed by atoms with Crippen LogP contribution < -0.4 is 0 Å². The molecule has 1 aromatic heterocycles. The lowest BCUT2D eigenvalue weighted by atomic mass is 10.1. The lowest BCUT2D eigenvalue weighted by Crippen LogP contribution is -2.46. The van der Waals surface area contributed by atoms with Crippen LogP contribution in [-0.2, 0) is 22.5 Å². The number of halogens is 1. The molecule has 2 heterocycles. The van der Waals surface area contributed by atoms with E-state index in [9.17, 15) is 4.79 Å². The highest BCUT2D eigenvalue weighted by atomic mass is 79.9. The summed E-state index contributed by atoms with van der Waals surface area (Å²) in [4.78, 5) is 14.7. The Hall–Kier alpha value is -0.720. The fourth-order valence-corrected chi connectivity index (χ4v) is 2.93. The molecule has 0 saturated carbocycles. The minimum Gasteiger partial charge on any atom is -0.368 e. The fraction of sp³-hybridized carbons (Fsp3) is 0.714. The second-order valence-corrected chi connectivity index (χ2v) is 5.85. The number of nitrogens with zero attached hydrogens (tertiary/aromatic N) is 3. The van der Waals surface area contributed by atoms with Gasteiger partial charge in [-0.3, -0.25) is 14.4 Å². The van der Waals surface area contributed by atoms with Gasteiger partial charge in [-0.25, -0.2) is 0 Å². The zero-order chi connectivity index (χ0) is 14.7. The quantitative estimate of drug-likeness (QED) is 0.817. The van der Waals surface area contributed by atoms with Gasteiger partial charge in [-0.15, -0.1) is 0 Å². The topological polar surface area (TPSA) is 47.4 Å². The smallest absolute Gasteiger partial charge is 0.168 e. The third kappa shape index (κ3) is 3.30. The molecule has 1 aliphatic rings. The van der Waals surface area contributed by atoms with Gasteiger partial charge in [-0.1, -0.05) is 6.92 Å². The number of carbonyl (C=O) groups is 1. The molecule has 0 amide bonds. The van der Waals surface area contributed by atoms with Gasteiger partial charge in [0.15, 0.2) is 5.78 Å². The molecule has 0 N–H and O–H groups in total. The Morgan fingerprint density at radius 2 is 2.20 bits per heavy atom. The van der Waals surface area contributed by atoms with E-state index in [0.29, 0.717) is 19.6 Å². The normalized spacial score (nSPS) is 20.3. The minimum absolute atomic E-state index is 0.137. The average molecular weight is 344 g/mol. The molecule has 1 fully saturated rings. The largest absolute Gasteiger partial charge is 0.368 e. The fourth-order valence-electron chi connectivity index (χ4n) is 2.50. The van der Waals surface area contributed by atoms with Crippen molar-refractivity contribution in [1.82, 2.24) is 14.7 Å². The molecule has 1 unspecified atom stereocenters. The number of rotatable bonds is 5. The molecule has 0 bridgehead atoms. The highest BCUT2D eigenvalue weighted by Crippen LogP contribution is 2.22. The first-order valence-electron chi connectivity index (χ1n) is 7.15. The predicted molar refractivity (Wildman–Crippen MR) is 80.9 cm³/mol. The van der Waals surface area contributed by atoms with Crippen molar-refractivity contribution in [2.45, 2.75) is 39.8 Å². The summed E-state index contributed by atoms with van der Waals surface area (Å²) < 4.78 is 8.46. The van der Waals surface area contributed by atoms with Crippen LogP contribution in [0.25, 0.3) is 0 Å². The van der Waals surface area contributed by atoms with Crippen molar-refractivity contribution in [3.05, 3.63) is 15.9 Å². The van der Waals surface area contributed by atoms with Gasteiger partial charge in [0.1, 0.15) is 6.10 Å². The Morgan fingerprint density at radius 3 is 2.85 bits per heavy atom. The van der Waals surface area contributed by atoms with E-state index in [1.54, 1.807) is 0 Å². The second kappa shape index (κ2) is 6.83. The zero-order valence-corrected chi connectivity index (χ0v) is 13.9. The molecule has 112 valence electrons. The van der Waals surface area contributed by atoms with Crippen LogP contribution in [0, 0.1) is 6.92 Å². The maximum absolute atomic E-state index is 12.4. The van der Waals surface area contributed by atoms with Crippen molar-refractivity contribution in [3.63, 3.8) is 0 Å². The van der Waals surface area contributed by atoms with Gasteiger partial charge >= 0.3 is 0 Å². The molecule has 1 atom stereocenters. The summed E-state index contributed by atoms with van der Waals surface area (Å²) >= 11 is 3.53. The molecule has 1 saturated heterocycles. The van der Waals surface area contributed by atoms with Gasteiger partial charge in [0.05, 0.1) is 28.9 Å². The van der Waals surface area contributed by atoms with E-state index in [4.69, 9.17) is 4.74 Å². The van der Waals surface area contributed by atoms with E-state index in [1.807, 2.05) is 18.5 Å². The number of likely N-dealkylation sites (N-methyl/N-ethyl adjacent to an activating group) is 1. The predicted octanol–water partition coefficient (Wildman–Crippen LogP) is 1.81. The first-order chi connectivity index (χ1) is 9.56. The molecule has 0 radical (unpaired) electrons. The Labute approximate surface area is 128 Å². The van der Waals surface area contributed by atoms with E-state index in [0.717, 1.165) is 35.5 Å². The SMILES string of the molecule is CCN1CCOC(C(=O)Cc2c(Br)c(C)nn2CC)C1.